The number of ether oxygens (including phenoxy) is 2. The van der Waals surface area contributed by atoms with Crippen molar-refractivity contribution in [2.24, 2.45) is 0 Å². The summed E-state index contributed by atoms with van der Waals surface area (Å²) in [5.41, 5.74) is 1.91. The largest absolute Gasteiger partial charge is 0.452 e. The quantitative estimate of drug-likeness (QED) is 0.375. The molecule has 3 rings (SSSR count). The molecule has 180 valence electrons. The maximum atomic E-state index is 12.5. The smallest absolute Gasteiger partial charge is 0.387 e. The number of para-hydroxylation sites is 1. The number of halogens is 2. The van der Waals surface area contributed by atoms with Gasteiger partial charge in [0.2, 0.25) is 0 Å². The lowest BCUT2D eigenvalue weighted by Gasteiger charge is -2.19. The first-order chi connectivity index (χ1) is 16.1. The lowest BCUT2D eigenvalue weighted by atomic mass is 10.00. The summed E-state index contributed by atoms with van der Waals surface area (Å²) in [6, 6.07) is 11.1. The summed E-state index contributed by atoms with van der Waals surface area (Å²) in [7, 11) is 0. The molecule has 1 fully saturated rings. The first-order valence-electron chi connectivity index (χ1n) is 10.2. The van der Waals surface area contributed by atoms with Crippen molar-refractivity contribution in [3.05, 3.63) is 54.1 Å². The lowest BCUT2D eigenvalue weighted by Crippen LogP contribution is -2.49. The summed E-state index contributed by atoms with van der Waals surface area (Å²) in [6.07, 6.45) is 0.324. The predicted molar refractivity (Wildman–Crippen MR) is 115 cm³/mol. The van der Waals surface area contributed by atoms with Crippen LogP contribution >= 0.6 is 0 Å². The zero-order valence-electron chi connectivity index (χ0n) is 18.3. The van der Waals surface area contributed by atoms with Gasteiger partial charge in [0, 0.05) is 5.69 Å². The van der Waals surface area contributed by atoms with Crippen LogP contribution in [0.3, 0.4) is 0 Å². The van der Waals surface area contributed by atoms with Crippen LogP contribution in [0.15, 0.2) is 48.5 Å². The second kappa shape index (κ2) is 10.1. The van der Waals surface area contributed by atoms with Crippen LogP contribution in [0.4, 0.5) is 25.0 Å². The van der Waals surface area contributed by atoms with Gasteiger partial charge in [-0.2, -0.15) is 13.8 Å². The standard InChI is InChI=1S/C22H22F2N4O6/c1-3-22(2)19(31)28(21(32)26-22)27-17(29)12-33-18(30)15-6-4-5-7-16(15)25-13-8-10-14(11-9-13)34-20(23)24/h4-11,20,25H,3,12H2,1-2H3,(H,26,32)(H,27,29). The maximum absolute atomic E-state index is 12.5. The number of amides is 4. The monoisotopic (exact) mass is 476 g/mol. The number of hydrogen-bond acceptors (Lipinski definition) is 7. The average molecular weight is 476 g/mol. The van der Waals surface area contributed by atoms with Gasteiger partial charge in [0.1, 0.15) is 11.3 Å². The molecule has 0 aliphatic carbocycles. The second-order valence-corrected chi connectivity index (χ2v) is 7.44. The van der Waals surface area contributed by atoms with Crippen LogP contribution < -0.4 is 20.8 Å². The molecule has 1 saturated heterocycles. The Morgan fingerprint density at radius 2 is 1.79 bits per heavy atom. The summed E-state index contributed by atoms with van der Waals surface area (Å²) in [6.45, 7) is -0.446. The van der Waals surface area contributed by atoms with E-state index >= 15 is 0 Å². The minimum atomic E-state index is -2.94. The summed E-state index contributed by atoms with van der Waals surface area (Å²) < 4.78 is 33.9. The minimum absolute atomic E-state index is 0.0244. The van der Waals surface area contributed by atoms with Gasteiger partial charge in [-0.15, -0.1) is 0 Å². The molecule has 10 nitrogen and oxygen atoms in total. The Balaban J connectivity index is 1.60. The number of carbonyl (C=O) groups excluding carboxylic acids is 4. The van der Waals surface area contributed by atoms with Gasteiger partial charge in [-0.05, 0) is 49.7 Å². The number of urea groups is 1. The van der Waals surface area contributed by atoms with Crippen molar-refractivity contribution in [1.82, 2.24) is 15.8 Å². The lowest BCUT2D eigenvalue weighted by molar-refractivity contribution is -0.139. The molecule has 1 unspecified atom stereocenters. The highest BCUT2D eigenvalue weighted by Crippen LogP contribution is 2.24. The van der Waals surface area contributed by atoms with Crippen LogP contribution in [-0.2, 0) is 14.3 Å². The highest BCUT2D eigenvalue weighted by molar-refractivity contribution is 6.07. The molecule has 2 aromatic carbocycles. The zero-order chi connectivity index (χ0) is 24.9. The normalized spacial score (nSPS) is 17.4. The van der Waals surface area contributed by atoms with Crippen molar-refractivity contribution in [2.45, 2.75) is 32.4 Å². The molecule has 4 amide bonds. The molecule has 0 spiro atoms. The van der Waals surface area contributed by atoms with E-state index in [1.807, 2.05) is 0 Å². The van der Waals surface area contributed by atoms with E-state index in [0.29, 0.717) is 22.8 Å². The van der Waals surface area contributed by atoms with E-state index in [-0.39, 0.29) is 11.3 Å². The molecule has 12 heteroatoms. The van der Waals surface area contributed by atoms with Crippen molar-refractivity contribution in [2.75, 3.05) is 11.9 Å². The number of imide groups is 1. The number of anilines is 2. The van der Waals surface area contributed by atoms with E-state index < -0.39 is 42.6 Å². The maximum Gasteiger partial charge on any atom is 0.387 e. The summed E-state index contributed by atoms with van der Waals surface area (Å²) >= 11 is 0. The van der Waals surface area contributed by atoms with Gasteiger partial charge in [-0.3, -0.25) is 15.0 Å². The average Bonchev–Trinajstić information content (AvgIpc) is 3.02. The number of hydrazine groups is 1. The number of nitrogens with one attached hydrogen (secondary N) is 3. The van der Waals surface area contributed by atoms with Crippen LogP contribution in [0.5, 0.6) is 5.75 Å². The number of benzene rings is 2. The van der Waals surface area contributed by atoms with Crippen molar-refractivity contribution < 1.29 is 37.4 Å². The fourth-order valence-electron chi connectivity index (χ4n) is 3.04. The minimum Gasteiger partial charge on any atom is -0.452 e. The Labute approximate surface area is 193 Å². The third-order valence-electron chi connectivity index (χ3n) is 5.04. The van der Waals surface area contributed by atoms with Crippen molar-refractivity contribution in [1.29, 1.82) is 0 Å². The van der Waals surface area contributed by atoms with Crippen molar-refractivity contribution >= 4 is 35.2 Å². The summed E-state index contributed by atoms with van der Waals surface area (Å²) in [4.78, 5) is 49.0. The molecule has 1 heterocycles. The van der Waals surface area contributed by atoms with Gasteiger partial charge < -0.3 is 20.1 Å². The molecule has 1 aliphatic rings. The number of alkyl halides is 2. The highest BCUT2D eigenvalue weighted by atomic mass is 19.3. The Hall–Kier alpha value is -4.22. The van der Waals surface area contributed by atoms with Gasteiger partial charge in [-0.25, -0.2) is 9.59 Å². The molecular weight excluding hydrogens is 454 g/mol. The number of carbonyl (C=O) groups is 4. The molecule has 0 aromatic heterocycles. The van der Waals surface area contributed by atoms with E-state index in [0.717, 1.165) is 0 Å². The first-order valence-corrected chi connectivity index (χ1v) is 10.2. The third kappa shape index (κ3) is 5.57. The fraction of sp³-hybridized carbons (Fsp3) is 0.273. The molecule has 3 N–H and O–H groups in total. The molecule has 34 heavy (non-hydrogen) atoms. The Bertz CT molecular complexity index is 1100. The summed E-state index contributed by atoms with van der Waals surface area (Å²) in [5.74, 6) is -2.37. The molecule has 1 atom stereocenters. The van der Waals surface area contributed by atoms with Crippen LogP contribution in [0, 0.1) is 0 Å². The van der Waals surface area contributed by atoms with Gasteiger partial charge >= 0.3 is 18.6 Å². The van der Waals surface area contributed by atoms with E-state index in [1.165, 1.54) is 37.3 Å². The van der Waals surface area contributed by atoms with Gasteiger partial charge in [-0.1, -0.05) is 19.1 Å². The molecule has 1 aliphatic heterocycles. The van der Waals surface area contributed by atoms with Crippen LogP contribution in [0.2, 0.25) is 0 Å². The van der Waals surface area contributed by atoms with Gasteiger partial charge in [0.25, 0.3) is 11.8 Å². The predicted octanol–water partition coefficient (Wildman–Crippen LogP) is 2.94. The SMILES string of the molecule is CCC1(C)NC(=O)N(NC(=O)COC(=O)c2ccccc2Nc2ccc(OC(F)F)cc2)C1=O. The number of hydrogen-bond donors (Lipinski definition) is 3. The van der Waals surface area contributed by atoms with Gasteiger partial charge in [0.05, 0.1) is 11.3 Å². The summed E-state index contributed by atoms with van der Waals surface area (Å²) in [5, 5.41) is 5.99. The molecule has 2 aromatic rings. The number of rotatable bonds is 9. The van der Waals surface area contributed by atoms with Gasteiger partial charge in [0.15, 0.2) is 6.61 Å². The molecular formula is C22H22F2N4O6. The van der Waals surface area contributed by atoms with E-state index in [2.05, 4.69) is 20.8 Å². The van der Waals surface area contributed by atoms with Crippen LogP contribution in [0.25, 0.3) is 0 Å². The first kappa shape index (κ1) is 24.4. The fourth-order valence-corrected chi connectivity index (χ4v) is 3.04. The van der Waals surface area contributed by atoms with Crippen LogP contribution in [-0.4, -0.2) is 47.6 Å². The van der Waals surface area contributed by atoms with E-state index in [4.69, 9.17) is 4.74 Å². The van der Waals surface area contributed by atoms with E-state index in [1.54, 1.807) is 25.1 Å². The highest BCUT2D eigenvalue weighted by Gasteiger charge is 2.47. The number of nitrogens with zero attached hydrogens (tertiary/aromatic N) is 1. The van der Waals surface area contributed by atoms with Crippen molar-refractivity contribution in [3.8, 4) is 5.75 Å². The Kier molecular flexibility index (Phi) is 7.29. The molecule has 0 bridgehead atoms. The topological polar surface area (TPSA) is 126 Å². The molecule has 0 radical (unpaired) electrons. The second-order valence-electron chi connectivity index (χ2n) is 7.44. The van der Waals surface area contributed by atoms with Crippen LogP contribution in [0.1, 0.15) is 30.6 Å². The molecule has 0 saturated carbocycles. The Morgan fingerprint density at radius 3 is 2.41 bits per heavy atom. The Morgan fingerprint density at radius 1 is 1.12 bits per heavy atom. The zero-order valence-corrected chi connectivity index (χ0v) is 18.3. The van der Waals surface area contributed by atoms with E-state index in [9.17, 15) is 28.0 Å². The third-order valence-corrected chi connectivity index (χ3v) is 5.04. The number of esters is 1. The van der Waals surface area contributed by atoms with Crippen molar-refractivity contribution in [3.63, 3.8) is 0 Å².